The number of nitrogens with zero attached hydrogens (tertiary/aromatic N) is 6. The number of rotatable bonds is 7. The topological polar surface area (TPSA) is 210 Å². The molecule has 0 spiro atoms. The highest BCUT2D eigenvalue weighted by Gasteiger charge is 2.39. The summed E-state index contributed by atoms with van der Waals surface area (Å²) >= 11 is 0. The number of H-pyrrole nitrogens is 2. The number of ether oxygens (including phenoxy) is 1. The Morgan fingerprint density at radius 1 is 1.20 bits per heavy atom. The number of aromatic amines is 2. The summed E-state index contributed by atoms with van der Waals surface area (Å²) in [6, 6.07) is 7.66. The molecular weight excluding hydrogens is 586 g/mol. The summed E-state index contributed by atoms with van der Waals surface area (Å²) in [5.74, 6) is -0.836. The van der Waals surface area contributed by atoms with Gasteiger partial charge < -0.3 is 25.0 Å². The minimum atomic E-state index is -0.701. The molecule has 2 atom stereocenters. The fraction of sp³-hybridized carbons (Fsp3) is 0.379. The van der Waals surface area contributed by atoms with E-state index < -0.39 is 23.1 Å². The number of carbonyl (C=O) groups excluding carboxylic acids is 2. The second-order valence-corrected chi connectivity index (χ2v) is 10.7. The molecule has 1 aromatic carbocycles. The number of methoxy groups -OCH3 is 1. The molecule has 4 N–H and O–H groups in total. The van der Waals surface area contributed by atoms with Crippen molar-refractivity contribution in [2.75, 3.05) is 19.0 Å². The molecule has 0 fully saturated rings. The predicted octanol–water partition coefficient (Wildman–Crippen LogP) is 0.498. The molecule has 16 nitrogen and oxygen atoms in total. The Kier molecular flexibility index (Phi) is 9.20. The van der Waals surface area contributed by atoms with E-state index in [1.54, 1.807) is 33.8 Å². The van der Waals surface area contributed by atoms with Gasteiger partial charge in [-0.05, 0) is 43.9 Å². The molecule has 2 aliphatic rings. The number of hydrogen-bond donors (Lipinski definition) is 4. The van der Waals surface area contributed by atoms with E-state index in [0.29, 0.717) is 54.3 Å². The molecule has 0 bridgehead atoms. The van der Waals surface area contributed by atoms with Crippen molar-refractivity contribution in [1.29, 1.82) is 0 Å². The molecule has 2 unspecified atom stereocenters. The summed E-state index contributed by atoms with van der Waals surface area (Å²) in [7, 11) is 1.62. The largest absolute Gasteiger partial charge is 0.497 e. The monoisotopic (exact) mass is 619 g/mol. The van der Waals surface area contributed by atoms with Gasteiger partial charge in [-0.3, -0.25) is 28.8 Å². The second kappa shape index (κ2) is 13.4. The lowest BCUT2D eigenvalue weighted by molar-refractivity contribution is -0.138. The van der Waals surface area contributed by atoms with Gasteiger partial charge in [0.05, 0.1) is 43.7 Å². The summed E-state index contributed by atoms with van der Waals surface area (Å²) in [4.78, 5) is 66.3. The zero-order chi connectivity index (χ0) is 32.1. The van der Waals surface area contributed by atoms with Crippen LogP contribution in [0, 0.1) is 5.92 Å². The van der Waals surface area contributed by atoms with Crippen molar-refractivity contribution in [2.45, 2.75) is 51.7 Å². The smallest absolute Gasteiger partial charge is 0.325 e. The molecule has 0 radical (unpaired) electrons. The van der Waals surface area contributed by atoms with Gasteiger partial charge in [-0.1, -0.05) is 17.3 Å². The maximum Gasteiger partial charge on any atom is 0.325 e. The van der Waals surface area contributed by atoms with Crippen LogP contribution in [-0.4, -0.2) is 76.7 Å². The van der Waals surface area contributed by atoms with E-state index in [2.05, 4.69) is 30.7 Å². The number of benzene rings is 1. The minimum absolute atomic E-state index is 0.149. The van der Waals surface area contributed by atoms with Crippen molar-refractivity contribution in [3.63, 3.8) is 0 Å². The number of carbonyl (C=O) groups is 3. The third-order valence-corrected chi connectivity index (χ3v) is 7.93. The molecule has 4 heterocycles. The van der Waals surface area contributed by atoms with E-state index in [4.69, 9.17) is 14.6 Å². The number of fused-ring (bicyclic) bond motifs is 2. The number of aromatic nitrogens is 7. The summed E-state index contributed by atoms with van der Waals surface area (Å²) in [5, 5.41) is 22.7. The minimum Gasteiger partial charge on any atom is -0.497 e. The van der Waals surface area contributed by atoms with Crippen LogP contribution in [0.25, 0.3) is 0 Å². The Morgan fingerprint density at radius 2 is 1.96 bits per heavy atom. The van der Waals surface area contributed by atoms with E-state index in [1.807, 2.05) is 31.2 Å². The number of amides is 2. The lowest BCUT2D eigenvalue weighted by Crippen LogP contribution is -2.46. The zero-order valence-electron chi connectivity index (χ0n) is 24.7. The lowest BCUT2D eigenvalue weighted by Gasteiger charge is -2.35. The normalized spacial score (nSPS) is 16.9. The Balaban J connectivity index is 0.00000128. The first-order chi connectivity index (χ1) is 21.7. The number of aryl methyl sites for hydroxylation is 2. The van der Waals surface area contributed by atoms with E-state index >= 15 is 0 Å². The van der Waals surface area contributed by atoms with Crippen LogP contribution in [-0.2, 0) is 46.9 Å². The summed E-state index contributed by atoms with van der Waals surface area (Å²) in [6.07, 6.45) is 4.47. The van der Waals surface area contributed by atoms with E-state index in [-0.39, 0.29) is 37.8 Å². The second-order valence-electron chi connectivity index (χ2n) is 10.7. The Bertz CT molecular complexity index is 1810. The van der Waals surface area contributed by atoms with Crippen molar-refractivity contribution < 1.29 is 24.2 Å². The lowest BCUT2D eigenvalue weighted by atomic mass is 9.85. The molecule has 1 aliphatic heterocycles. The van der Waals surface area contributed by atoms with Crippen LogP contribution in [0.3, 0.4) is 0 Å². The van der Waals surface area contributed by atoms with Gasteiger partial charge in [0.2, 0.25) is 11.8 Å². The maximum atomic E-state index is 13.7. The third kappa shape index (κ3) is 6.68. The molecule has 45 heavy (non-hydrogen) atoms. The Morgan fingerprint density at radius 3 is 2.67 bits per heavy atom. The van der Waals surface area contributed by atoms with Gasteiger partial charge in [0, 0.05) is 36.5 Å². The average Bonchev–Trinajstić information content (AvgIpc) is 3.67. The van der Waals surface area contributed by atoms with Crippen molar-refractivity contribution >= 4 is 24.0 Å². The van der Waals surface area contributed by atoms with Gasteiger partial charge in [-0.2, -0.15) is 5.10 Å². The van der Waals surface area contributed by atoms with Crippen LogP contribution in [0.5, 0.6) is 5.75 Å². The fourth-order valence-electron chi connectivity index (χ4n) is 5.80. The van der Waals surface area contributed by atoms with Crippen molar-refractivity contribution in [2.24, 2.45) is 5.92 Å². The summed E-state index contributed by atoms with van der Waals surface area (Å²) in [5.41, 5.74) is 2.80. The van der Waals surface area contributed by atoms with Gasteiger partial charge in [0.25, 0.3) is 12.0 Å². The molecule has 1 aliphatic carbocycles. The van der Waals surface area contributed by atoms with E-state index in [1.165, 1.54) is 0 Å². The van der Waals surface area contributed by atoms with Crippen LogP contribution in [0.2, 0.25) is 0 Å². The van der Waals surface area contributed by atoms with Gasteiger partial charge in [-0.25, -0.2) is 9.48 Å². The predicted molar refractivity (Wildman–Crippen MR) is 159 cm³/mol. The molecule has 3 aromatic heterocycles. The number of nitrogens with one attached hydrogen (secondary N) is 3. The van der Waals surface area contributed by atoms with Crippen molar-refractivity contribution in [1.82, 2.24) is 39.6 Å². The molecule has 0 saturated heterocycles. The Labute approximate surface area is 256 Å². The van der Waals surface area contributed by atoms with Crippen molar-refractivity contribution in [3.8, 4) is 5.75 Å². The van der Waals surface area contributed by atoms with Gasteiger partial charge in [-0.15, -0.1) is 5.10 Å². The van der Waals surface area contributed by atoms with E-state index in [9.17, 15) is 19.2 Å². The summed E-state index contributed by atoms with van der Waals surface area (Å²) in [6.45, 7) is 3.09. The quantitative estimate of drug-likeness (QED) is 0.210. The van der Waals surface area contributed by atoms with Gasteiger partial charge >= 0.3 is 5.69 Å². The highest BCUT2D eigenvalue weighted by Crippen LogP contribution is 2.31. The molecule has 236 valence electrons. The average molecular weight is 620 g/mol. The fourth-order valence-corrected chi connectivity index (χ4v) is 5.80. The number of carboxylic acid groups (broad SMARTS) is 1. The highest BCUT2D eigenvalue weighted by atomic mass is 16.5. The van der Waals surface area contributed by atoms with Crippen LogP contribution in [0.15, 0.2) is 46.2 Å². The standard InChI is InChI=1S/C28H31N9O5.CH2O2/c1-3-37-24-21(26(39)30-18-11-29-36(13-18)12-16-4-7-19(42-2)8-5-16)14-35(15-23(24)33-34-37)27(40)17-6-9-22-20(10-17)25(38)32-28(41)31-22;2-1-3/h4-5,7-8,11,13,17,21H,3,6,9-10,12,14-15H2,1-2H3,(H,30,39)(H2,31,32,38,41);1H,(H,2,3). The zero-order valence-corrected chi connectivity index (χ0v) is 24.7. The van der Waals surface area contributed by atoms with Gasteiger partial charge in [0.15, 0.2) is 0 Å². The maximum absolute atomic E-state index is 13.7. The number of hydrogen-bond acceptors (Lipinski definition) is 9. The van der Waals surface area contributed by atoms with Crippen LogP contribution < -0.4 is 21.3 Å². The first-order valence-electron chi connectivity index (χ1n) is 14.3. The number of anilines is 1. The molecular formula is C29H33N9O7. The SMILES string of the molecule is CCn1nnc2c1C(C(=O)Nc1cnn(Cc3ccc(OC)cc3)c1)CN(C(=O)C1CCc3[nH]c(=O)[nH]c(=O)c3C1)C2.O=CO. The molecule has 6 rings (SSSR count). The first kappa shape index (κ1) is 30.9. The van der Waals surface area contributed by atoms with Gasteiger partial charge in [0.1, 0.15) is 11.4 Å². The third-order valence-electron chi connectivity index (χ3n) is 7.93. The first-order valence-corrected chi connectivity index (χ1v) is 14.3. The molecule has 2 amide bonds. The Hall–Kier alpha value is -5.54. The molecule has 16 heteroatoms. The van der Waals surface area contributed by atoms with Crippen LogP contribution in [0.4, 0.5) is 5.69 Å². The van der Waals surface area contributed by atoms with Crippen LogP contribution >= 0.6 is 0 Å². The molecule has 0 saturated carbocycles. The summed E-state index contributed by atoms with van der Waals surface area (Å²) < 4.78 is 8.63. The highest BCUT2D eigenvalue weighted by molar-refractivity contribution is 5.96. The molecule has 4 aromatic rings. The van der Waals surface area contributed by atoms with Crippen molar-refractivity contribution in [3.05, 3.63) is 85.7 Å². The van der Waals surface area contributed by atoms with E-state index in [0.717, 1.165) is 11.3 Å². The van der Waals surface area contributed by atoms with Crippen LogP contribution in [0.1, 0.15) is 47.5 Å².